The smallest absolute Gasteiger partial charge is 0.294 e. The number of hydrogen-bond donors (Lipinski definition) is 1. The zero-order valence-electron chi connectivity index (χ0n) is 19.6. The highest BCUT2D eigenvalue weighted by Crippen LogP contribution is 2.34. The van der Waals surface area contributed by atoms with E-state index in [0.717, 1.165) is 50.4 Å². The molecule has 3 amide bonds. The van der Waals surface area contributed by atoms with E-state index < -0.39 is 17.1 Å². The van der Waals surface area contributed by atoms with Crippen LogP contribution in [0.4, 0.5) is 10.5 Å². The minimum Gasteiger partial charge on any atom is -0.325 e. The fourth-order valence-electron chi connectivity index (χ4n) is 4.12. The number of hydrogen-bond acceptors (Lipinski definition) is 4. The molecular formula is C26H23Cl2N3O3S. The van der Waals surface area contributed by atoms with Gasteiger partial charge in [0.2, 0.25) is 5.91 Å². The maximum Gasteiger partial charge on any atom is 0.294 e. The number of nitrogens with zero attached hydrogens (tertiary/aromatic N) is 2. The molecule has 1 aliphatic heterocycles. The Bertz CT molecular complexity index is 1390. The molecule has 0 bridgehead atoms. The van der Waals surface area contributed by atoms with Crippen LogP contribution in [0.1, 0.15) is 28.1 Å². The molecule has 1 saturated heterocycles. The lowest BCUT2D eigenvalue weighted by atomic mass is 10.1. The summed E-state index contributed by atoms with van der Waals surface area (Å²) < 4.78 is 2.00. The lowest BCUT2D eigenvalue weighted by Gasteiger charge is -2.13. The highest BCUT2D eigenvalue weighted by molar-refractivity contribution is 8.18. The van der Waals surface area contributed by atoms with Gasteiger partial charge in [-0.1, -0.05) is 29.3 Å². The molecule has 0 atom stereocenters. The second kappa shape index (κ2) is 9.93. The first-order chi connectivity index (χ1) is 16.5. The minimum absolute atomic E-state index is 0.267. The third kappa shape index (κ3) is 5.32. The summed E-state index contributed by atoms with van der Waals surface area (Å²) in [5.41, 5.74) is 6.08. The number of amides is 3. The van der Waals surface area contributed by atoms with Crippen LogP contribution in [0.2, 0.25) is 10.0 Å². The molecule has 2 aromatic carbocycles. The summed E-state index contributed by atoms with van der Waals surface area (Å²) in [4.78, 5) is 39.3. The molecule has 180 valence electrons. The number of benzene rings is 2. The van der Waals surface area contributed by atoms with Crippen LogP contribution in [0, 0.1) is 27.7 Å². The van der Waals surface area contributed by atoms with Crippen molar-refractivity contribution in [2.24, 2.45) is 0 Å². The van der Waals surface area contributed by atoms with Gasteiger partial charge in [-0.3, -0.25) is 19.3 Å². The van der Waals surface area contributed by atoms with E-state index in [-0.39, 0.29) is 11.4 Å². The number of nitrogens with one attached hydrogen (secondary N) is 1. The Kier molecular flexibility index (Phi) is 7.12. The van der Waals surface area contributed by atoms with Crippen LogP contribution in [-0.4, -0.2) is 33.1 Å². The van der Waals surface area contributed by atoms with Crippen LogP contribution in [0.15, 0.2) is 47.4 Å². The average Bonchev–Trinajstić information content (AvgIpc) is 3.18. The molecule has 0 saturated carbocycles. The van der Waals surface area contributed by atoms with Crippen molar-refractivity contribution in [3.63, 3.8) is 0 Å². The molecule has 9 heteroatoms. The van der Waals surface area contributed by atoms with E-state index >= 15 is 0 Å². The summed E-state index contributed by atoms with van der Waals surface area (Å²) >= 11 is 13.1. The van der Waals surface area contributed by atoms with Crippen molar-refractivity contribution in [1.82, 2.24) is 9.47 Å². The molecule has 1 aliphatic rings. The third-order valence-electron chi connectivity index (χ3n) is 5.60. The van der Waals surface area contributed by atoms with Gasteiger partial charge in [-0.25, -0.2) is 0 Å². The molecular weight excluding hydrogens is 505 g/mol. The van der Waals surface area contributed by atoms with Crippen LogP contribution in [0.5, 0.6) is 0 Å². The van der Waals surface area contributed by atoms with Crippen molar-refractivity contribution in [3.05, 3.63) is 85.5 Å². The standard InChI is InChI=1S/C26H23Cl2N3O3S/c1-14-7-15(2)9-19(8-14)29-24(32)13-30-25(33)23(35-26(30)34)11-18-10-16(3)31(17(18)4)20-5-6-21(27)22(28)12-20/h5-12H,13H2,1-4H3,(H,29,32)/b23-11-. The summed E-state index contributed by atoms with van der Waals surface area (Å²) in [7, 11) is 0. The lowest BCUT2D eigenvalue weighted by molar-refractivity contribution is -0.127. The Hall–Kier alpha value is -3.00. The van der Waals surface area contributed by atoms with E-state index in [9.17, 15) is 14.4 Å². The Balaban J connectivity index is 1.54. The van der Waals surface area contributed by atoms with Crippen molar-refractivity contribution in [3.8, 4) is 5.69 Å². The van der Waals surface area contributed by atoms with Crippen LogP contribution in [0.25, 0.3) is 11.8 Å². The highest BCUT2D eigenvalue weighted by atomic mass is 35.5. The fourth-order valence-corrected chi connectivity index (χ4v) is 5.25. The van der Waals surface area contributed by atoms with Gasteiger partial charge in [0.25, 0.3) is 11.1 Å². The zero-order valence-corrected chi connectivity index (χ0v) is 21.9. The van der Waals surface area contributed by atoms with E-state index in [4.69, 9.17) is 23.2 Å². The SMILES string of the molecule is Cc1cc(C)cc(NC(=O)CN2C(=O)S/C(=C\c3cc(C)n(-c4ccc(Cl)c(Cl)c4)c3C)C2=O)c1. The Morgan fingerprint density at radius 1 is 0.971 bits per heavy atom. The normalized spacial score (nSPS) is 14.8. The van der Waals surface area contributed by atoms with E-state index in [0.29, 0.717) is 15.7 Å². The van der Waals surface area contributed by atoms with Crippen molar-refractivity contribution >= 4 is 63.8 Å². The molecule has 0 aliphatic carbocycles. The van der Waals surface area contributed by atoms with Crippen molar-refractivity contribution in [2.75, 3.05) is 11.9 Å². The number of halogens is 2. The Labute approximate surface area is 217 Å². The molecule has 1 N–H and O–H groups in total. The molecule has 0 spiro atoms. The predicted octanol–water partition coefficient (Wildman–Crippen LogP) is 6.69. The maximum absolute atomic E-state index is 13.0. The van der Waals surface area contributed by atoms with Crippen LogP contribution in [0.3, 0.4) is 0 Å². The number of thioether (sulfide) groups is 1. The Morgan fingerprint density at radius 3 is 2.31 bits per heavy atom. The second-order valence-electron chi connectivity index (χ2n) is 8.45. The van der Waals surface area contributed by atoms with Gasteiger partial charge in [0.05, 0.1) is 15.0 Å². The van der Waals surface area contributed by atoms with Crippen molar-refractivity contribution < 1.29 is 14.4 Å². The van der Waals surface area contributed by atoms with E-state index in [1.165, 1.54) is 0 Å². The fraction of sp³-hybridized carbons (Fsp3) is 0.192. The van der Waals surface area contributed by atoms with Gasteiger partial charge in [-0.2, -0.15) is 0 Å². The van der Waals surface area contributed by atoms with Gasteiger partial charge in [-0.05, 0) is 98.6 Å². The number of rotatable bonds is 5. The molecule has 1 fully saturated rings. The van der Waals surface area contributed by atoms with Gasteiger partial charge in [0.15, 0.2) is 0 Å². The van der Waals surface area contributed by atoms with Crippen molar-refractivity contribution in [1.29, 1.82) is 0 Å². The van der Waals surface area contributed by atoms with Gasteiger partial charge in [0.1, 0.15) is 6.54 Å². The molecule has 3 aromatic rings. The zero-order chi connectivity index (χ0) is 25.4. The summed E-state index contributed by atoms with van der Waals surface area (Å²) in [6, 6.07) is 13.0. The van der Waals surface area contributed by atoms with E-state index in [1.54, 1.807) is 18.2 Å². The van der Waals surface area contributed by atoms with Gasteiger partial charge in [0, 0.05) is 22.8 Å². The number of anilines is 1. The quantitative estimate of drug-likeness (QED) is 0.375. The number of imide groups is 1. The lowest BCUT2D eigenvalue weighted by Crippen LogP contribution is -2.36. The molecule has 0 radical (unpaired) electrons. The predicted molar refractivity (Wildman–Crippen MR) is 142 cm³/mol. The van der Waals surface area contributed by atoms with E-state index in [2.05, 4.69) is 5.32 Å². The third-order valence-corrected chi connectivity index (χ3v) is 7.25. The Morgan fingerprint density at radius 2 is 1.66 bits per heavy atom. The van der Waals surface area contributed by atoms with E-state index in [1.807, 2.05) is 62.6 Å². The molecule has 2 heterocycles. The summed E-state index contributed by atoms with van der Waals surface area (Å²) in [5, 5.41) is 3.20. The van der Waals surface area contributed by atoms with Crippen LogP contribution < -0.4 is 5.32 Å². The second-order valence-corrected chi connectivity index (χ2v) is 10.3. The average molecular weight is 528 g/mol. The number of aryl methyl sites for hydroxylation is 3. The summed E-state index contributed by atoms with van der Waals surface area (Å²) in [6.45, 7) is 7.38. The number of carbonyl (C=O) groups is 3. The first-order valence-corrected chi connectivity index (χ1v) is 12.4. The van der Waals surface area contributed by atoms with Crippen LogP contribution in [-0.2, 0) is 9.59 Å². The van der Waals surface area contributed by atoms with Gasteiger partial charge >= 0.3 is 0 Å². The monoisotopic (exact) mass is 527 g/mol. The highest BCUT2D eigenvalue weighted by Gasteiger charge is 2.36. The molecule has 35 heavy (non-hydrogen) atoms. The number of carbonyl (C=O) groups excluding carboxylic acids is 3. The maximum atomic E-state index is 13.0. The molecule has 4 rings (SSSR count). The largest absolute Gasteiger partial charge is 0.325 e. The molecule has 6 nitrogen and oxygen atoms in total. The van der Waals surface area contributed by atoms with Gasteiger partial charge in [-0.15, -0.1) is 0 Å². The van der Waals surface area contributed by atoms with Crippen LogP contribution >= 0.6 is 35.0 Å². The topological polar surface area (TPSA) is 71.4 Å². The molecule has 0 unspecified atom stereocenters. The first kappa shape index (κ1) is 25.1. The van der Waals surface area contributed by atoms with Gasteiger partial charge < -0.3 is 9.88 Å². The summed E-state index contributed by atoms with van der Waals surface area (Å²) in [6.07, 6.45) is 1.68. The minimum atomic E-state index is -0.491. The first-order valence-electron chi connectivity index (χ1n) is 10.8. The van der Waals surface area contributed by atoms with Crippen molar-refractivity contribution in [2.45, 2.75) is 27.7 Å². The number of aromatic nitrogens is 1. The molecule has 1 aromatic heterocycles. The summed E-state index contributed by atoms with van der Waals surface area (Å²) in [5.74, 6) is -0.925.